The topological polar surface area (TPSA) is 75.2 Å². The molecule has 0 amide bonds. The summed E-state index contributed by atoms with van der Waals surface area (Å²) in [6.45, 7) is 0. The summed E-state index contributed by atoms with van der Waals surface area (Å²) in [5.41, 5.74) is 6.47. The van der Waals surface area contributed by atoms with Gasteiger partial charge in [0.1, 0.15) is 0 Å². The van der Waals surface area contributed by atoms with E-state index in [1.807, 2.05) is 12.1 Å². The van der Waals surface area contributed by atoms with E-state index in [4.69, 9.17) is 15.2 Å². The zero-order chi connectivity index (χ0) is 12.4. The van der Waals surface area contributed by atoms with Crippen molar-refractivity contribution in [1.29, 1.82) is 0 Å². The summed E-state index contributed by atoms with van der Waals surface area (Å²) >= 11 is 0. The summed E-state index contributed by atoms with van der Waals surface area (Å²) in [7, 11) is 4.92. The van der Waals surface area contributed by atoms with Gasteiger partial charge in [-0.2, -0.15) is 4.98 Å². The fraction of sp³-hybridized carbons (Fsp3) is 0.273. The van der Waals surface area contributed by atoms with E-state index in [1.54, 1.807) is 27.3 Å². The summed E-state index contributed by atoms with van der Waals surface area (Å²) in [4.78, 5) is 4.14. The third-order valence-electron chi connectivity index (χ3n) is 2.44. The third-order valence-corrected chi connectivity index (χ3v) is 2.44. The Labute approximate surface area is 99.0 Å². The monoisotopic (exact) mass is 234 g/mol. The van der Waals surface area contributed by atoms with Crippen molar-refractivity contribution in [3.8, 4) is 22.9 Å². The number of hydrogen-bond acceptors (Lipinski definition) is 5. The van der Waals surface area contributed by atoms with Gasteiger partial charge in [0.15, 0.2) is 17.3 Å². The zero-order valence-electron chi connectivity index (χ0n) is 9.97. The van der Waals surface area contributed by atoms with E-state index in [0.717, 1.165) is 5.56 Å². The Morgan fingerprint density at radius 1 is 1.18 bits per heavy atom. The maximum Gasteiger partial charge on any atom is 0.218 e. The minimum absolute atomic E-state index is 0.370. The molecule has 1 heterocycles. The van der Waals surface area contributed by atoms with Crippen LogP contribution in [0.15, 0.2) is 18.2 Å². The quantitative estimate of drug-likeness (QED) is 0.860. The predicted molar refractivity (Wildman–Crippen MR) is 64.0 cm³/mol. The van der Waals surface area contributed by atoms with Crippen LogP contribution in [0.5, 0.6) is 11.5 Å². The average molecular weight is 234 g/mol. The Balaban J connectivity index is 2.46. The van der Waals surface area contributed by atoms with Crippen LogP contribution >= 0.6 is 0 Å². The van der Waals surface area contributed by atoms with Crippen LogP contribution in [-0.4, -0.2) is 29.0 Å². The molecule has 0 atom stereocenters. The number of aryl methyl sites for hydroxylation is 1. The molecule has 0 fully saturated rings. The lowest BCUT2D eigenvalue weighted by Crippen LogP contribution is -1.97. The number of hydrogen-bond donors (Lipinski definition) is 1. The molecule has 0 spiro atoms. The molecule has 0 aliphatic carbocycles. The zero-order valence-corrected chi connectivity index (χ0v) is 9.97. The highest BCUT2D eigenvalue weighted by Gasteiger charge is 2.10. The van der Waals surface area contributed by atoms with Crippen molar-refractivity contribution < 1.29 is 9.47 Å². The van der Waals surface area contributed by atoms with Gasteiger partial charge in [0.05, 0.1) is 14.2 Å². The fourth-order valence-corrected chi connectivity index (χ4v) is 1.49. The van der Waals surface area contributed by atoms with Gasteiger partial charge in [-0.15, -0.1) is 5.10 Å². The van der Waals surface area contributed by atoms with Crippen molar-refractivity contribution in [2.24, 2.45) is 7.05 Å². The molecule has 0 unspecified atom stereocenters. The van der Waals surface area contributed by atoms with Crippen LogP contribution < -0.4 is 15.2 Å². The van der Waals surface area contributed by atoms with E-state index in [1.165, 1.54) is 4.68 Å². The van der Waals surface area contributed by atoms with Gasteiger partial charge in [-0.25, -0.2) is 4.68 Å². The minimum atomic E-state index is 0.370. The second-order valence-electron chi connectivity index (χ2n) is 3.49. The molecule has 6 nitrogen and oxygen atoms in total. The molecule has 0 aliphatic rings. The molecule has 0 bridgehead atoms. The molecule has 2 aromatic rings. The lowest BCUT2D eigenvalue weighted by molar-refractivity contribution is 0.355. The van der Waals surface area contributed by atoms with E-state index < -0.39 is 0 Å². The van der Waals surface area contributed by atoms with Crippen molar-refractivity contribution in [3.05, 3.63) is 18.2 Å². The normalized spacial score (nSPS) is 10.3. The fourth-order valence-electron chi connectivity index (χ4n) is 1.49. The first kappa shape index (κ1) is 11.3. The predicted octanol–water partition coefficient (Wildman–Crippen LogP) is 1.08. The van der Waals surface area contributed by atoms with Gasteiger partial charge < -0.3 is 15.2 Å². The molecular weight excluding hydrogens is 220 g/mol. The standard InChI is InChI=1S/C11H14N4O2/c1-15-11(12)13-10(14-15)7-4-5-8(16-2)9(6-7)17-3/h4-6H,1-3H3,(H2,12,13,14). The molecule has 1 aromatic carbocycles. The van der Waals surface area contributed by atoms with Crippen molar-refractivity contribution in [3.63, 3.8) is 0 Å². The molecule has 17 heavy (non-hydrogen) atoms. The molecule has 90 valence electrons. The number of ether oxygens (including phenoxy) is 2. The smallest absolute Gasteiger partial charge is 0.218 e. The molecule has 2 rings (SSSR count). The van der Waals surface area contributed by atoms with Crippen LogP contribution in [0.2, 0.25) is 0 Å². The van der Waals surface area contributed by atoms with Gasteiger partial charge in [-0.1, -0.05) is 0 Å². The Bertz CT molecular complexity index is 517. The lowest BCUT2D eigenvalue weighted by Gasteiger charge is -2.07. The van der Waals surface area contributed by atoms with Crippen molar-refractivity contribution in [1.82, 2.24) is 14.8 Å². The van der Waals surface area contributed by atoms with E-state index in [2.05, 4.69) is 10.1 Å². The molecule has 0 radical (unpaired) electrons. The number of methoxy groups -OCH3 is 2. The van der Waals surface area contributed by atoms with Crippen molar-refractivity contribution >= 4 is 5.95 Å². The summed E-state index contributed by atoms with van der Waals surface area (Å²) in [6.07, 6.45) is 0. The number of nitrogen functional groups attached to an aromatic ring is 1. The van der Waals surface area contributed by atoms with Crippen LogP contribution in [-0.2, 0) is 7.05 Å². The van der Waals surface area contributed by atoms with Crippen molar-refractivity contribution in [2.45, 2.75) is 0 Å². The highest BCUT2D eigenvalue weighted by molar-refractivity contribution is 5.61. The Morgan fingerprint density at radius 2 is 1.88 bits per heavy atom. The Hall–Kier alpha value is -2.24. The first-order chi connectivity index (χ1) is 8.15. The van der Waals surface area contributed by atoms with Gasteiger partial charge in [-0.05, 0) is 18.2 Å². The first-order valence-electron chi connectivity index (χ1n) is 5.04. The maximum atomic E-state index is 5.64. The van der Waals surface area contributed by atoms with Crippen molar-refractivity contribution in [2.75, 3.05) is 20.0 Å². The van der Waals surface area contributed by atoms with Crippen LogP contribution in [0.1, 0.15) is 0 Å². The number of aromatic nitrogens is 3. The summed E-state index contributed by atoms with van der Waals surface area (Å²) in [5, 5.41) is 4.20. The van der Waals surface area contributed by atoms with Gasteiger partial charge >= 0.3 is 0 Å². The van der Waals surface area contributed by atoms with E-state index in [9.17, 15) is 0 Å². The van der Waals surface area contributed by atoms with Gasteiger partial charge in [0, 0.05) is 12.6 Å². The third kappa shape index (κ3) is 2.01. The van der Waals surface area contributed by atoms with Gasteiger partial charge in [-0.3, -0.25) is 0 Å². The Morgan fingerprint density at radius 3 is 2.41 bits per heavy atom. The molecule has 1 aromatic heterocycles. The molecule has 0 saturated carbocycles. The van der Waals surface area contributed by atoms with Gasteiger partial charge in [0.2, 0.25) is 5.95 Å². The largest absolute Gasteiger partial charge is 0.493 e. The average Bonchev–Trinajstić information content (AvgIpc) is 2.68. The second kappa shape index (κ2) is 4.32. The molecule has 2 N–H and O–H groups in total. The first-order valence-corrected chi connectivity index (χ1v) is 5.04. The number of nitrogens with two attached hydrogens (primary N) is 1. The summed E-state index contributed by atoms with van der Waals surface area (Å²) in [6, 6.07) is 5.48. The highest BCUT2D eigenvalue weighted by Crippen LogP contribution is 2.31. The van der Waals surface area contributed by atoms with Crippen LogP contribution in [0.4, 0.5) is 5.95 Å². The Kier molecular flexibility index (Phi) is 2.86. The number of anilines is 1. The van der Waals surface area contributed by atoms with E-state index in [0.29, 0.717) is 23.3 Å². The lowest BCUT2D eigenvalue weighted by atomic mass is 10.2. The van der Waals surface area contributed by atoms with Crippen LogP contribution in [0.3, 0.4) is 0 Å². The number of rotatable bonds is 3. The molecule has 6 heteroatoms. The molecule has 0 saturated heterocycles. The van der Waals surface area contributed by atoms with Gasteiger partial charge in [0.25, 0.3) is 0 Å². The number of nitrogens with zero attached hydrogens (tertiary/aromatic N) is 3. The van der Waals surface area contributed by atoms with Crippen LogP contribution in [0.25, 0.3) is 11.4 Å². The SMILES string of the molecule is COc1ccc(-c2nc(N)n(C)n2)cc1OC. The second-order valence-corrected chi connectivity index (χ2v) is 3.49. The summed E-state index contributed by atoms with van der Waals surface area (Å²) in [5.74, 6) is 2.23. The van der Waals surface area contributed by atoms with E-state index >= 15 is 0 Å². The minimum Gasteiger partial charge on any atom is -0.493 e. The highest BCUT2D eigenvalue weighted by atomic mass is 16.5. The number of benzene rings is 1. The summed E-state index contributed by atoms with van der Waals surface area (Å²) < 4.78 is 11.9. The van der Waals surface area contributed by atoms with E-state index in [-0.39, 0.29) is 0 Å². The van der Waals surface area contributed by atoms with Crippen LogP contribution in [0, 0.1) is 0 Å². The molecule has 0 aliphatic heterocycles. The maximum absolute atomic E-state index is 5.64. The molecular formula is C11H14N4O2.